The molecule has 0 radical (unpaired) electrons. The molecule has 1 heterocycles. The molecular formula is C9H14N4O2. The van der Waals surface area contributed by atoms with Gasteiger partial charge in [-0.25, -0.2) is 9.97 Å². The Morgan fingerprint density at radius 1 is 1.27 bits per heavy atom. The molecule has 1 rings (SSSR count). The first-order valence-corrected chi connectivity index (χ1v) is 4.43. The summed E-state index contributed by atoms with van der Waals surface area (Å²) < 4.78 is 0. The van der Waals surface area contributed by atoms with Gasteiger partial charge < -0.3 is 14.9 Å². The molecule has 0 spiro atoms. The number of nitrogens with zero attached hydrogens (tertiary/aromatic N) is 4. The van der Waals surface area contributed by atoms with Crippen LogP contribution in [-0.4, -0.2) is 48.7 Å². The highest BCUT2D eigenvalue weighted by Crippen LogP contribution is 2.10. The lowest BCUT2D eigenvalue weighted by Crippen LogP contribution is -2.26. The summed E-state index contributed by atoms with van der Waals surface area (Å²) in [5.41, 5.74) is 0. The Bertz CT molecular complexity index is 336. The van der Waals surface area contributed by atoms with E-state index in [2.05, 4.69) is 9.97 Å². The fourth-order valence-electron chi connectivity index (χ4n) is 1.03. The van der Waals surface area contributed by atoms with Crippen LogP contribution in [0.1, 0.15) is 0 Å². The number of anilines is 2. The van der Waals surface area contributed by atoms with Crippen LogP contribution in [0.2, 0.25) is 0 Å². The lowest BCUT2D eigenvalue weighted by molar-refractivity contribution is -0.135. The maximum Gasteiger partial charge on any atom is 0.323 e. The number of rotatable bonds is 4. The molecule has 0 amide bonds. The SMILES string of the molecule is CN(C)c1cnc(N(C)CC(=O)O)cn1. The van der Waals surface area contributed by atoms with Gasteiger partial charge in [0.05, 0.1) is 12.4 Å². The summed E-state index contributed by atoms with van der Waals surface area (Å²) in [6.45, 7) is -0.0873. The van der Waals surface area contributed by atoms with Crippen LogP contribution in [0, 0.1) is 0 Å². The summed E-state index contributed by atoms with van der Waals surface area (Å²) in [6, 6.07) is 0. The molecule has 0 bridgehead atoms. The van der Waals surface area contributed by atoms with Gasteiger partial charge in [0, 0.05) is 21.1 Å². The molecule has 0 atom stereocenters. The number of aliphatic carboxylic acids is 1. The monoisotopic (exact) mass is 210 g/mol. The maximum atomic E-state index is 10.5. The number of hydrogen-bond donors (Lipinski definition) is 1. The van der Waals surface area contributed by atoms with E-state index in [1.165, 1.54) is 4.90 Å². The van der Waals surface area contributed by atoms with E-state index in [1.807, 2.05) is 19.0 Å². The Hall–Kier alpha value is -1.85. The Balaban J connectivity index is 2.75. The summed E-state index contributed by atoms with van der Waals surface area (Å²) in [6.07, 6.45) is 3.16. The molecule has 15 heavy (non-hydrogen) atoms. The van der Waals surface area contributed by atoms with Crippen molar-refractivity contribution in [3.05, 3.63) is 12.4 Å². The van der Waals surface area contributed by atoms with Crippen molar-refractivity contribution >= 4 is 17.6 Å². The van der Waals surface area contributed by atoms with E-state index in [9.17, 15) is 4.79 Å². The number of carboxylic acid groups (broad SMARTS) is 1. The number of likely N-dealkylation sites (N-methyl/N-ethyl adjacent to an activating group) is 1. The summed E-state index contributed by atoms with van der Waals surface area (Å²) in [5, 5.41) is 8.59. The van der Waals surface area contributed by atoms with Crippen molar-refractivity contribution in [2.24, 2.45) is 0 Å². The molecule has 0 aliphatic rings. The molecule has 1 N–H and O–H groups in total. The van der Waals surface area contributed by atoms with Crippen LogP contribution in [0.3, 0.4) is 0 Å². The van der Waals surface area contributed by atoms with Gasteiger partial charge >= 0.3 is 5.97 Å². The van der Waals surface area contributed by atoms with Crippen molar-refractivity contribution in [2.45, 2.75) is 0 Å². The molecule has 6 nitrogen and oxygen atoms in total. The standard InChI is InChI=1S/C9H14N4O2/c1-12(2)7-4-11-8(5-10-7)13(3)6-9(14)15/h4-5H,6H2,1-3H3,(H,14,15). The summed E-state index contributed by atoms with van der Waals surface area (Å²) in [4.78, 5) is 22.1. The van der Waals surface area contributed by atoms with Gasteiger partial charge in [0.2, 0.25) is 0 Å². The lowest BCUT2D eigenvalue weighted by atomic mass is 10.5. The second-order valence-corrected chi connectivity index (χ2v) is 3.38. The van der Waals surface area contributed by atoms with Gasteiger partial charge in [0.1, 0.15) is 18.2 Å². The smallest absolute Gasteiger partial charge is 0.323 e. The first kappa shape index (κ1) is 11.2. The predicted octanol–water partition coefficient (Wildman–Crippen LogP) is 0.0634. The molecule has 1 aromatic heterocycles. The summed E-state index contributed by atoms with van der Waals surface area (Å²) >= 11 is 0. The molecule has 0 aliphatic heterocycles. The zero-order chi connectivity index (χ0) is 11.4. The minimum atomic E-state index is -0.893. The largest absolute Gasteiger partial charge is 0.480 e. The van der Waals surface area contributed by atoms with E-state index in [0.29, 0.717) is 5.82 Å². The van der Waals surface area contributed by atoms with Gasteiger partial charge in [0.25, 0.3) is 0 Å². The molecule has 0 fully saturated rings. The number of aromatic nitrogens is 2. The first-order chi connectivity index (χ1) is 7.00. The van der Waals surface area contributed by atoms with Gasteiger partial charge in [-0.15, -0.1) is 0 Å². The Morgan fingerprint density at radius 2 is 1.80 bits per heavy atom. The van der Waals surface area contributed by atoms with Crippen molar-refractivity contribution < 1.29 is 9.90 Å². The molecule has 0 aromatic carbocycles. The van der Waals surface area contributed by atoms with Crippen LogP contribution in [0.4, 0.5) is 11.6 Å². The number of hydrogen-bond acceptors (Lipinski definition) is 5. The van der Waals surface area contributed by atoms with Crippen molar-refractivity contribution in [1.82, 2.24) is 9.97 Å². The summed E-state index contributed by atoms with van der Waals surface area (Å²) in [7, 11) is 5.39. The van der Waals surface area contributed by atoms with E-state index in [4.69, 9.17) is 5.11 Å². The van der Waals surface area contributed by atoms with Crippen molar-refractivity contribution in [2.75, 3.05) is 37.5 Å². The topological polar surface area (TPSA) is 69.6 Å². The number of carboxylic acids is 1. The van der Waals surface area contributed by atoms with Gasteiger partial charge in [0.15, 0.2) is 0 Å². The maximum absolute atomic E-state index is 10.5. The second kappa shape index (κ2) is 4.59. The summed E-state index contributed by atoms with van der Waals surface area (Å²) in [5.74, 6) is 0.390. The third-order valence-corrected chi connectivity index (χ3v) is 1.85. The van der Waals surface area contributed by atoms with Crippen molar-refractivity contribution in [3.63, 3.8) is 0 Å². The number of carbonyl (C=O) groups is 1. The molecular weight excluding hydrogens is 196 g/mol. The molecule has 1 aromatic rings. The van der Waals surface area contributed by atoms with E-state index in [1.54, 1.807) is 19.4 Å². The third kappa shape index (κ3) is 3.08. The fourth-order valence-corrected chi connectivity index (χ4v) is 1.03. The third-order valence-electron chi connectivity index (χ3n) is 1.85. The van der Waals surface area contributed by atoms with E-state index in [0.717, 1.165) is 5.82 Å². The Morgan fingerprint density at radius 3 is 2.20 bits per heavy atom. The van der Waals surface area contributed by atoms with Crippen LogP contribution in [0.5, 0.6) is 0 Å². The zero-order valence-corrected chi connectivity index (χ0v) is 9.01. The molecule has 82 valence electrons. The van der Waals surface area contributed by atoms with Gasteiger partial charge in [-0.2, -0.15) is 0 Å². The van der Waals surface area contributed by atoms with Crippen LogP contribution >= 0.6 is 0 Å². The van der Waals surface area contributed by atoms with Gasteiger partial charge in [-0.1, -0.05) is 0 Å². The fraction of sp³-hybridized carbons (Fsp3) is 0.444. The average Bonchev–Trinajstić information content (AvgIpc) is 2.17. The normalized spacial score (nSPS) is 9.80. The molecule has 0 unspecified atom stereocenters. The van der Waals surface area contributed by atoms with Crippen LogP contribution in [0.15, 0.2) is 12.4 Å². The highest BCUT2D eigenvalue weighted by Gasteiger charge is 2.07. The second-order valence-electron chi connectivity index (χ2n) is 3.38. The minimum Gasteiger partial charge on any atom is -0.480 e. The van der Waals surface area contributed by atoms with Gasteiger partial charge in [-0.05, 0) is 0 Å². The van der Waals surface area contributed by atoms with E-state index < -0.39 is 5.97 Å². The van der Waals surface area contributed by atoms with Gasteiger partial charge in [-0.3, -0.25) is 4.79 Å². The molecule has 0 saturated heterocycles. The van der Waals surface area contributed by atoms with Crippen LogP contribution in [0.25, 0.3) is 0 Å². The first-order valence-electron chi connectivity index (χ1n) is 4.43. The van der Waals surface area contributed by atoms with Crippen LogP contribution < -0.4 is 9.80 Å². The lowest BCUT2D eigenvalue weighted by Gasteiger charge is -2.16. The van der Waals surface area contributed by atoms with E-state index >= 15 is 0 Å². The molecule has 0 aliphatic carbocycles. The van der Waals surface area contributed by atoms with E-state index in [-0.39, 0.29) is 6.54 Å². The molecule has 0 saturated carbocycles. The minimum absolute atomic E-state index is 0.0873. The quantitative estimate of drug-likeness (QED) is 0.758. The van der Waals surface area contributed by atoms with Crippen LogP contribution in [-0.2, 0) is 4.79 Å². The van der Waals surface area contributed by atoms with Crippen molar-refractivity contribution in [1.29, 1.82) is 0 Å². The Labute approximate surface area is 88.2 Å². The Kier molecular flexibility index (Phi) is 3.43. The molecule has 6 heteroatoms. The predicted molar refractivity (Wildman–Crippen MR) is 57.3 cm³/mol. The highest BCUT2D eigenvalue weighted by molar-refractivity contribution is 5.72. The van der Waals surface area contributed by atoms with Crippen molar-refractivity contribution in [3.8, 4) is 0 Å². The zero-order valence-electron chi connectivity index (χ0n) is 9.01. The average molecular weight is 210 g/mol. The highest BCUT2D eigenvalue weighted by atomic mass is 16.4.